The van der Waals surface area contributed by atoms with Gasteiger partial charge in [0.15, 0.2) is 6.29 Å². The largest absolute Gasteiger partial charge is 0.462 e. The molecular formula is C21H32O5. The smallest absolute Gasteiger partial charge is 0.312 e. The molecule has 5 heteroatoms. The van der Waals surface area contributed by atoms with E-state index in [1.54, 1.807) is 7.11 Å². The van der Waals surface area contributed by atoms with Crippen molar-refractivity contribution >= 4 is 5.97 Å². The number of carbonyl (C=O) groups is 1. The first-order chi connectivity index (χ1) is 12.3. The van der Waals surface area contributed by atoms with Crippen LogP contribution in [0.1, 0.15) is 65.7 Å². The van der Waals surface area contributed by atoms with Crippen LogP contribution in [-0.4, -0.2) is 43.3 Å². The van der Waals surface area contributed by atoms with Gasteiger partial charge in [0.25, 0.3) is 0 Å². The van der Waals surface area contributed by atoms with Crippen molar-refractivity contribution in [2.75, 3.05) is 13.7 Å². The van der Waals surface area contributed by atoms with Crippen molar-refractivity contribution < 1.29 is 23.7 Å². The second-order valence-corrected chi connectivity index (χ2v) is 10.1. The number of hydrogen-bond acceptors (Lipinski definition) is 5. The van der Waals surface area contributed by atoms with E-state index in [1.165, 1.54) is 0 Å². The highest BCUT2D eigenvalue weighted by atomic mass is 16.7. The van der Waals surface area contributed by atoms with Gasteiger partial charge in [-0.25, -0.2) is 0 Å². The van der Waals surface area contributed by atoms with E-state index >= 15 is 0 Å². The van der Waals surface area contributed by atoms with Gasteiger partial charge < -0.3 is 18.9 Å². The van der Waals surface area contributed by atoms with E-state index in [4.69, 9.17) is 18.9 Å². The monoisotopic (exact) mass is 364 g/mol. The standard InChI is InChI=1S/C21H32O5/c1-13-10-14-16-18(2,17(22)25-14)6-5-7-19(16,3)21(13)9-8-20(26-21)11-15(23-4)24-12-20/h13-16H,5-12H2,1-4H3/t13-,14-,15+,16?,18+,19+,20-,21-/m1/s1. The zero-order valence-corrected chi connectivity index (χ0v) is 16.5. The number of rotatable bonds is 1. The summed E-state index contributed by atoms with van der Waals surface area (Å²) in [6, 6.07) is 0. The molecule has 0 N–H and O–H groups in total. The van der Waals surface area contributed by atoms with Crippen molar-refractivity contribution in [1.82, 2.24) is 0 Å². The molecule has 0 amide bonds. The van der Waals surface area contributed by atoms with Gasteiger partial charge in [-0.05, 0) is 44.9 Å². The highest BCUT2D eigenvalue weighted by Crippen LogP contribution is 2.70. The molecular weight excluding hydrogens is 332 g/mol. The summed E-state index contributed by atoms with van der Waals surface area (Å²) in [5.41, 5.74) is -0.772. The third-order valence-electron chi connectivity index (χ3n) is 8.89. The number of fused-ring (bicyclic) bond motifs is 1. The maximum Gasteiger partial charge on any atom is 0.312 e. The first-order valence-electron chi connectivity index (χ1n) is 10.3. The van der Waals surface area contributed by atoms with Gasteiger partial charge in [-0.15, -0.1) is 0 Å². The third kappa shape index (κ3) is 1.90. The van der Waals surface area contributed by atoms with Crippen molar-refractivity contribution in [3.63, 3.8) is 0 Å². The fourth-order valence-corrected chi connectivity index (χ4v) is 7.70. The average molecular weight is 364 g/mol. The highest BCUT2D eigenvalue weighted by Gasteiger charge is 2.74. The zero-order chi connectivity index (χ0) is 18.4. The topological polar surface area (TPSA) is 54.0 Å². The number of carbonyl (C=O) groups excluding carboxylic acids is 1. The Morgan fingerprint density at radius 3 is 2.69 bits per heavy atom. The first kappa shape index (κ1) is 17.4. The molecule has 0 bridgehead atoms. The van der Waals surface area contributed by atoms with Crippen molar-refractivity contribution in [1.29, 1.82) is 0 Å². The molecule has 5 rings (SSSR count). The van der Waals surface area contributed by atoms with E-state index in [9.17, 15) is 4.79 Å². The molecule has 26 heavy (non-hydrogen) atoms. The molecule has 3 heterocycles. The Morgan fingerprint density at radius 1 is 1.15 bits per heavy atom. The minimum atomic E-state index is -0.342. The lowest BCUT2D eigenvalue weighted by Crippen LogP contribution is -2.65. The van der Waals surface area contributed by atoms with Crippen LogP contribution >= 0.6 is 0 Å². The summed E-state index contributed by atoms with van der Waals surface area (Å²) in [7, 11) is 1.71. The molecule has 3 aliphatic heterocycles. The molecule has 2 aliphatic carbocycles. The van der Waals surface area contributed by atoms with Crippen LogP contribution in [-0.2, 0) is 23.7 Å². The highest BCUT2D eigenvalue weighted by molar-refractivity contribution is 5.80. The number of ether oxygens (including phenoxy) is 4. The van der Waals surface area contributed by atoms with Crippen molar-refractivity contribution in [3.8, 4) is 0 Å². The molecule has 0 aromatic rings. The Labute approximate surface area is 156 Å². The maximum absolute atomic E-state index is 12.8. The number of methoxy groups -OCH3 is 1. The van der Waals surface area contributed by atoms with E-state index in [1.807, 2.05) is 0 Å². The Bertz CT molecular complexity index is 636. The summed E-state index contributed by atoms with van der Waals surface area (Å²) in [5, 5.41) is 0. The van der Waals surface area contributed by atoms with E-state index < -0.39 is 0 Å². The van der Waals surface area contributed by atoms with Crippen LogP contribution in [0, 0.1) is 22.7 Å². The Hall–Kier alpha value is -0.650. The fraction of sp³-hybridized carbons (Fsp3) is 0.952. The molecule has 3 saturated heterocycles. The van der Waals surface area contributed by atoms with Gasteiger partial charge in [0.2, 0.25) is 0 Å². The normalized spacial score (nSPS) is 58.4. The summed E-state index contributed by atoms with van der Waals surface area (Å²) >= 11 is 0. The van der Waals surface area contributed by atoms with E-state index in [-0.39, 0.29) is 46.3 Å². The molecule has 0 aromatic heterocycles. The zero-order valence-electron chi connectivity index (χ0n) is 16.5. The lowest BCUT2D eigenvalue weighted by atomic mass is 9.44. The SMILES string of the molecule is CO[C@@H]1C[C@]2(CC[C@@]3(O2)[C@H](C)C[C@H]2OC(=O)[C@@]4(C)CCC[C@@]3(C)C24)CO1. The van der Waals surface area contributed by atoms with Gasteiger partial charge in [0.1, 0.15) is 6.10 Å². The van der Waals surface area contributed by atoms with Crippen molar-refractivity contribution in [2.24, 2.45) is 22.7 Å². The van der Waals surface area contributed by atoms with Gasteiger partial charge in [0.05, 0.1) is 23.2 Å². The summed E-state index contributed by atoms with van der Waals surface area (Å²) in [4.78, 5) is 12.8. The molecule has 2 saturated carbocycles. The van der Waals surface area contributed by atoms with Crippen LogP contribution in [0.4, 0.5) is 0 Å². The summed E-state index contributed by atoms with van der Waals surface area (Å²) in [6.07, 6.45) is 6.87. The molecule has 5 fully saturated rings. The fourth-order valence-electron chi connectivity index (χ4n) is 7.70. The third-order valence-corrected chi connectivity index (χ3v) is 8.89. The predicted octanol–water partition coefficient (Wildman–Crippen LogP) is 3.45. The second kappa shape index (κ2) is 5.24. The molecule has 5 aliphatic rings. The minimum Gasteiger partial charge on any atom is -0.462 e. The van der Waals surface area contributed by atoms with Gasteiger partial charge in [-0.2, -0.15) is 0 Å². The summed E-state index contributed by atoms with van der Waals surface area (Å²) in [6.45, 7) is 7.47. The van der Waals surface area contributed by atoms with Crippen molar-refractivity contribution in [3.05, 3.63) is 0 Å². The first-order valence-corrected chi connectivity index (χ1v) is 10.3. The minimum absolute atomic E-state index is 0.0247. The van der Waals surface area contributed by atoms with Crippen molar-refractivity contribution in [2.45, 2.75) is 89.3 Å². The lowest BCUT2D eigenvalue weighted by molar-refractivity contribution is -0.251. The molecule has 1 unspecified atom stereocenters. The summed E-state index contributed by atoms with van der Waals surface area (Å²) in [5.74, 6) is 0.671. The van der Waals surface area contributed by atoms with Crippen LogP contribution < -0.4 is 0 Å². The van der Waals surface area contributed by atoms with Gasteiger partial charge in [-0.3, -0.25) is 4.79 Å². The van der Waals surface area contributed by atoms with E-state index in [0.717, 1.165) is 44.9 Å². The van der Waals surface area contributed by atoms with Crippen LogP contribution in [0.3, 0.4) is 0 Å². The second-order valence-electron chi connectivity index (χ2n) is 10.1. The average Bonchev–Trinajstić information content (AvgIpc) is 3.25. The van der Waals surface area contributed by atoms with Crippen LogP contribution in [0.15, 0.2) is 0 Å². The quantitative estimate of drug-likeness (QED) is 0.667. The van der Waals surface area contributed by atoms with E-state index in [0.29, 0.717) is 12.5 Å². The van der Waals surface area contributed by atoms with Gasteiger partial charge >= 0.3 is 5.97 Å². The number of esters is 1. The Kier molecular flexibility index (Phi) is 3.51. The molecule has 0 radical (unpaired) electrons. The van der Waals surface area contributed by atoms with Gasteiger partial charge in [0, 0.05) is 24.9 Å². The molecule has 0 aromatic carbocycles. The van der Waals surface area contributed by atoms with Crippen LogP contribution in [0.2, 0.25) is 0 Å². The maximum atomic E-state index is 12.8. The molecule has 2 spiro atoms. The van der Waals surface area contributed by atoms with Gasteiger partial charge in [-0.1, -0.05) is 20.3 Å². The Balaban J connectivity index is 1.55. The van der Waals surface area contributed by atoms with Crippen LogP contribution in [0.5, 0.6) is 0 Å². The van der Waals surface area contributed by atoms with Crippen LogP contribution in [0.25, 0.3) is 0 Å². The molecule has 5 nitrogen and oxygen atoms in total. The Morgan fingerprint density at radius 2 is 1.96 bits per heavy atom. The summed E-state index contributed by atoms with van der Waals surface area (Å²) < 4.78 is 24.3. The molecule has 8 atom stereocenters. The van der Waals surface area contributed by atoms with E-state index in [2.05, 4.69) is 20.8 Å². The predicted molar refractivity (Wildman–Crippen MR) is 94.4 cm³/mol. The number of hydrogen-bond donors (Lipinski definition) is 0. The molecule has 146 valence electrons. The lowest BCUT2D eigenvalue weighted by Gasteiger charge is -2.62.